The summed E-state index contributed by atoms with van der Waals surface area (Å²) in [6.07, 6.45) is 0. The van der Waals surface area contributed by atoms with Crippen molar-refractivity contribution in [1.29, 1.82) is 0 Å². The molecule has 0 aliphatic heterocycles. The summed E-state index contributed by atoms with van der Waals surface area (Å²) in [6.45, 7) is 1.44. The van der Waals surface area contributed by atoms with Gasteiger partial charge in [-0.25, -0.2) is 14.8 Å². The molecule has 7 nitrogen and oxygen atoms in total. The minimum Gasteiger partial charge on any atom is -0.452 e. The molecule has 0 fully saturated rings. The van der Waals surface area contributed by atoms with Crippen LogP contribution in [0.25, 0.3) is 22.4 Å². The maximum Gasteiger partial charge on any atom is 0.339 e. The lowest BCUT2D eigenvalue weighted by atomic mass is 10.1. The number of carbonyl (C=O) groups is 2. The molecule has 2 aromatic heterocycles. The second-order valence-corrected chi connectivity index (χ2v) is 6.92. The van der Waals surface area contributed by atoms with Crippen molar-refractivity contribution in [1.82, 2.24) is 15.0 Å². The van der Waals surface area contributed by atoms with Crippen LogP contribution in [-0.2, 0) is 9.53 Å². The van der Waals surface area contributed by atoms with Gasteiger partial charge in [0.05, 0.1) is 22.3 Å². The third kappa shape index (κ3) is 3.77. The second-order valence-electron chi connectivity index (χ2n) is 6.07. The van der Waals surface area contributed by atoms with Crippen LogP contribution in [0.3, 0.4) is 0 Å². The molecule has 0 aliphatic carbocycles. The fraction of sp³-hybridized carbons (Fsp3) is 0.100. The highest BCUT2D eigenvalue weighted by Gasteiger charge is 2.17. The number of nitrogens with one attached hydrogen (secondary N) is 2. The van der Waals surface area contributed by atoms with Crippen molar-refractivity contribution < 1.29 is 14.3 Å². The molecule has 0 atom stereocenters. The van der Waals surface area contributed by atoms with Crippen molar-refractivity contribution >= 4 is 39.4 Å². The molecule has 2 N–H and O–H groups in total. The van der Waals surface area contributed by atoms with Crippen molar-refractivity contribution in [3.8, 4) is 11.4 Å². The topological polar surface area (TPSA) is 97.0 Å². The van der Waals surface area contributed by atoms with Gasteiger partial charge >= 0.3 is 5.97 Å². The molecule has 4 aromatic rings. The summed E-state index contributed by atoms with van der Waals surface area (Å²) in [6, 6.07) is 14.6. The zero-order valence-corrected chi connectivity index (χ0v) is 15.7. The number of aryl methyl sites for hydroxylation is 1. The highest BCUT2D eigenvalue weighted by molar-refractivity contribution is 7.13. The number of aromatic amines is 1. The van der Waals surface area contributed by atoms with Gasteiger partial charge in [-0.3, -0.25) is 10.1 Å². The average molecular weight is 392 g/mol. The predicted molar refractivity (Wildman–Crippen MR) is 107 cm³/mol. The van der Waals surface area contributed by atoms with E-state index < -0.39 is 18.5 Å². The van der Waals surface area contributed by atoms with Crippen molar-refractivity contribution in [2.24, 2.45) is 0 Å². The van der Waals surface area contributed by atoms with Gasteiger partial charge in [-0.15, -0.1) is 11.3 Å². The zero-order chi connectivity index (χ0) is 19.5. The van der Waals surface area contributed by atoms with E-state index in [0.29, 0.717) is 22.1 Å². The molecule has 8 heteroatoms. The molecule has 0 unspecified atom stereocenters. The van der Waals surface area contributed by atoms with E-state index in [0.717, 1.165) is 16.7 Å². The number of thiazole rings is 1. The van der Waals surface area contributed by atoms with Crippen LogP contribution in [0.15, 0.2) is 53.9 Å². The van der Waals surface area contributed by atoms with Crippen LogP contribution >= 0.6 is 11.3 Å². The molecule has 0 aliphatic rings. The number of para-hydroxylation sites is 2. The molecule has 28 heavy (non-hydrogen) atoms. The monoisotopic (exact) mass is 392 g/mol. The number of imidazole rings is 1. The molecule has 0 bridgehead atoms. The van der Waals surface area contributed by atoms with Gasteiger partial charge in [0.15, 0.2) is 11.7 Å². The van der Waals surface area contributed by atoms with Gasteiger partial charge in [-0.2, -0.15) is 0 Å². The van der Waals surface area contributed by atoms with E-state index in [1.165, 1.54) is 11.3 Å². The van der Waals surface area contributed by atoms with Gasteiger partial charge in [0, 0.05) is 10.9 Å². The number of hydrogen-bond acceptors (Lipinski definition) is 6. The lowest BCUT2D eigenvalue weighted by molar-refractivity contribution is -0.119. The standard InChI is InChI=1S/C20H16N4O3S/c1-12-11-28-20(21-12)24-17(25)10-27-19(26)14-7-3-2-6-13(14)18-22-15-8-4-5-9-16(15)23-18/h2-9,11H,10H2,1H3,(H,22,23)(H,21,24,25). The van der Waals surface area contributed by atoms with Gasteiger partial charge in [-0.05, 0) is 25.1 Å². The maximum atomic E-state index is 12.6. The number of rotatable bonds is 5. The third-order valence-electron chi connectivity index (χ3n) is 3.99. The number of H-pyrrole nitrogens is 1. The molecule has 0 saturated heterocycles. The first kappa shape index (κ1) is 17.9. The molecule has 140 valence electrons. The minimum atomic E-state index is -0.596. The Kier molecular flexibility index (Phi) is 4.86. The summed E-state index contributed by atoms with van der Waals surface area (Å²) in [5.74, 6) is -0.470. The molecular formula is C20H16N4O3S. The number of benzene rings is 2. The Balaban J connectivity index is 1.49. The van der Waals surface area contributed by atoms with Crippen molar-refractivity contribution in [2.75, 3.05) is 11.9 Å². The van der Waals surface area contributed by atoms with Crippen LogP contribution in [0.1, 0.15) is 16.1 Å². The molecule has 2 aromatic carbocycles. The summed E-state index contributed by atoms with van der Waals surface area (Å²) in [5.41, 5.74) is 3.44. The van der Waals surface area contributed by atoms with E-state index in [1.807, 2.05) is 42.6 Å². The fourth-order valence-electron chi connectivity index (χ4n) is 2.72. The summed E-state index contributed by atoms with van der Waals surface area (Å²) < 4.78 is 5.19. The Bertz CT molecular complexity index is 1130. The molecule has 0 spiro atoms. The zero-order valence-electron chi connectivity index (χ0n) is 14.9. The third-order valence-corrected chi connectivity index (χ3v) is 4.87. The van der Waals surface area contributed by atoms with Crippen molar-refractivity contribution in [3.63, 3.8) is 0 Å². The van der Waals surface area contributed by atoms with E-state index in [9.17, 15) is 9.59 Å². The minimum absolute atomic E-state index is 0.333. The van der Waals surface area contributed by atoms with E-state index in [2.05, 4.69) is 20.3 Å². The van der Waals surface area contributed by atoms with Crippen LogP contribution in [0.5, 0.6) is 0 Å². The first-order valence-corrected chi connectivity index (χ1v) is 9.41. The maximum absolute atomic E-state index is 12.6. The Hall–Kier alpha value is -3.52. The van der Waals surface area contributed by atoms with Gasteiger partial charge in [0.25, 0.3) is 5.91 Å². The number of amides is 1. The van der Waals surface area contributed by atoms with Crippen molar-refractivity contribution in [3.05, 3.63) is 65.2 Å². The molecule has 4 rings (SSSR count). The smallest absolute Gasteiger partial charge is 0.339 e. The molecule has 0 saturated carbocycles. The molecule has 2 heterocycles. The number of hydrogen-bond donors (Lipinski definition) is 2. The lowest BCUT2D eigenvalue weighted by Gasteiger charge is -2.08. The molecule has 1 amide bonds. The molecular weight excluding hydrogens is 376 g/mol. The summed E-state index contributed by atoms with van der Waals surface area (Å²) in [5, 5.41) is 4.90. The average Bonchev–Trinajstić information content (AvgIpc) is 3.32. The first-order chi connectivity index (χ1) is 13.6. The van der Waals surface area contributed by atoms with Crippen LogP contribution < -0.4 is 5.32 Å². The highest BCUT2D eigenvalue weighted by Crippen LogP contribution is 2.24. The quantitative estimate of drug-likeness (QED) is 0.504. The van der Waals surface area contributed by atoms with Crippen LogP contribution in [0, 0.1) is 6.92 Å². The Morgan fingerprint density at radius 1 is 1.11 bits per heavy atom. The van der Waals surface area contributed by atoms with Gasteiger partial charge in [0.1, 0.15) is 5.82 Å². The van der Waals surface area contributed by atoms with E-state index in [-0.39, 0.29) is 0 Å². The Labute approximate surface area is 164 Å². The summed E-state index contributed by atoms with van der Waals surface area (Å²) in [4.78, 5) is 36.4. The summed E-state index contributed by atoms with van der Waals surface area (Å²) >= 11 is 1.31. The van der Waals surface area contributed by atoms with Gasteiger partial charge in [0.2, 0.25) is 0 Å². The van der Waals surface area contributed by atoms with E-state index in [4.69, 9.17) is 4.74 Å². The van der Waals surface area contributed by atoms with Crippen LogP contribution in [0.2, 0.25) is 0 Å². The summed E-state index contributed by atoms with van der Waals surface area (Å²) in [7, 11) is 0. The van der Waals surface area contributed by atoms with Gasteiger partial charge in [-0.1, -0.05) is 30.3 Å². The SMILES string of the molecule is Cc1csc(NC(=O)COC(=O)c2ccccc2-c2nc3ccccc3[nH]2)n1. The van der Waals surface area contributed by atoms with Crippen LogP contribution in [-0.4, -0.2) is 33.4 Å². The number of ether oxygens (including phenoxy) is 1. The van der Waals surface area contributed by atoms with Crippen molar-refractivity contribution in [2.45, 2.75) is 6.92 Å². The van der Waals surface area contributed by atoms with E-state index in [1.54, 1.807) is 18.2 Å². The number of fused-ring (bicyclic) bond motifs is 1. The van der Waals surface area contributed by atoms with E-state index >= 15 is 0 Å². The normalized spacial score (nSPS) is 10.8. The van der Waals surface area contributed by atoms with Gasteiger partial charge < -0.3 is 9.72 Å². The number of esters is 1. The second kappa shape index (κ2) is 7.61. The lowest BCUT2D eigenvalue weighted by Crippen LogP contribution is -2.21. The number of nitrogens with zero attached hydrogens (tertiary/aromatic N) is 2. The largest absolute Gasteiger partial charge is 0.452 e. The number of anilines is 1. The first-order valence-electron chi connectivity index (χ1n) is 8.53. The fourth-order valence-corrected chi connectivity index (χ4v) is 3.43. The predicted octanol–water partition coefficient (Wildman–Crippen LogP) is 3.79. The molecule has 0 radical (unpaired) electrons. The van der Waals surface area contributed by atoms with Crippen LogP contribution in [0.4, 0.5) is 5.13 Å². The number of carbonyl (C=O) groups excluding carboxylic acids is 2. The highest BCUT2D eigenvalue weighted by atomic mass is 32.1. The Morgan fingerprint density at radius 3 is 2.68 bits per heavy atom. The Morgan fingerprint density at radius 2 is 1.89 bits per heavy atom. The number of aromatic nitrogens is 3.